The van der Waals surface area contributed by atoms with E-state index in [0.29, 0.717) is 17.5 Å². The maximum atomic E-state index is 11.3. The zero-order valence-electron chi connectivity index (χ0n) is 17.2. The van der Waals surface area contributed by atoms with Gasteiger partial charge >= 0.3 is 5.97 Å². The van der Waals surface area contributed by atoms with Crippen LogP contribution in [0.1, 0.15) is 11.1 Å². The predicted molar refractivity (Wildman–Crippen MR) is 108 cm³/mol. The number of benzene rings is 1. The first-order valence-electron chi connectivity index (χ1n) is 9.37. The van der Waals surface area contributed by atoms with E-state index in [1.165, 1.54) is 20.4 Å². The van der Waals surface area contributed by atoms with Gasteiger partial charge in [-0.2, -0.15) is 4.98 Å². The molecule has 32 heavy (non-hydrogen) atoms. The average Bonchev–Trinajstić information content (AvgIpc) is 2.76. The van der Waals surface area contributed by atoms with Gasteiger partial charge in [-0.15, -0.1) is 0 Å². The van der Waals surface area contributed by atoms with E-state index in [0.717, 1.165) is 0 Å². The average molecular weight is 452 g/mol. The van der Waals surface area contributed by atoms with E-state index in [9.17, 15) is 25.2 Å². The fraction of sp³-hybridized carbons (Fsp3) is 0.421. The molecular weight excluding hydrogens is 428 g/mol. The number of rotatable bonds is 7. The zero-order valence-corrected chi connectivity index (χ0v) is 17.2. The molecule has 174 valence electrons. The number of hydrogen-bond donors (Lipinski definition) is 6. The van der Waals surface area contributed by atoms with Gasteiger partial charge in [-0.3, -0.25) is 0 Å². The number of nitrogen functional groups attached to an aromatic ring is 2. The lowest BCUT2D eigenvalue weighted by atomic mass is 9.99. The van der Waals surface area contributed by atoms with Crippen LogP contribution in [-0.2, 0) is 16.0 Å². The molecule has 0 radical (unpaired) electrons. The summed E-state index contributed by atoms with van der Waals surface area (Å²) in [5.41, 5.74) is 12.7. The van der Waals surface area contributed by atoms with Gasteiger partial charge in [0.25, 0.3) is 0 Å². The normalized spacial score (nSPS) is 25.2. The predicted octanol–water partition coefficient (Wildman–Crippen LogP) is -1.48. The number of anilines is 2. The molecule has 0 bridgehead atoms. The molecule has 1 aliphatic rings. The number of nitrogens with two attached hydrogens (primary N) is 2. The third-order valence-corrected chi connectivity index (χ3v) is 4.88. The van der Waals surface area contributed by atoms with Gasteiger partial charge in [0.15, 0.2) is 17.6 Å². The van der Waals surface area contributed by atoms with Crippen molar-refractivity contribution < 1.29 is 44.2 Å². The molecule has 0 unspecified atom stereocenters. The Labute approximate surface area is 182 Å². The summed E-state index contributed by atoms with van der Waals surface area (Å²) in [6, 6.07) is 3.20. The molecule has 2 aromatic rings. The van der Waals surface area contributed by atoms with Crippen LogP contribution in [-0.4, -0.2) is 81.3 Å². The smallest absolute Gasteiger partial charge is 0.335 e. The summed E-state index contributed by atoms with van der Waals surface area (Å²) in [7, 11) is 2.73. The van der Waals surface area contributed by atoms with Crippen LogP contribution < -0.4 is 25.7 Å². The Morgan fingerprint density at radius 1 is 1.09 bits per heavy atom. The quantitative estimate of drug-likeness (QED) is 0.283. The van der Waals surface area contributed by atoms with E-state index in [4.69, 9.17) is 30.4 Å². The van der Waals surface area contributed by atoms with Crippen LogP contribution in [0.4, 0.5) is 11.8 Å². The molecular formula is C19H24N4O9. The van der Waals surface area contributed by atoms with Crippen LogP contribution in [0.5, 0.6) is 17.2 Å². The fourth-order valence-electron chi connectivity index (χ4n) is 3.21. The second-order valence-corrected chi connectivity index (χ2v) is 7.00. The zero-order chi connectivity index (χ0) is 23.6. The number of carbonyl (C=O) groups is 1. The van der Waals surface area contributed by atoms with Gasteiger partial charge in [-0.05, 0) is 17.7 Å². The van der Waals surface area contributed by atoms with Crippen LogP contribution in [0.3, 0.4) is 0 Å². The van der Waals surface area contributed by atoms with Crippen LogP contribution in [0.25, 0.3) is 0 Å². The van der Waals surface area contributed by atoms with Gasteiger partial charge in [-0.25, -0.2) is 9.78 Å². The molecule has 1 fully saturated rings. The maximum absolute atomic E-state index is 11.3. The standard InChI is InChI=1S/C19H24N4O9/c1-29-9-4-7(3-8-6-22-19(21)23-16(8)20)5-10(30-2)14(9)31-18-13(26)11(24)12(25)15(32-18)17(27)28/h4-6,11-13,15,18,24-26H,3H2,1-2H3,(H,27,28)(H4,20,21,22,23)/t11-,12-,13+,15-,18+/m0/s1. The highest BCUT2D eigenvalue weighted by molar-refractivity contribution is 5.73. The van der Waals surface area contributed by atoms with Gasteiger partial charge in [-0.1, -0.05) is 0 Å². The van der Waals surface area contributed by atoms with Crippen LogP contribution in [0.2, 0.25) is 0 Å². The topological polar surface area (TPSA) is 213 Å². The van der Waals surface area contributed by atoms with E-state index in [1.807, 2.05) is 0 Å². The number of aliphatic carboxylic acids is 1. The minimum absolute atomic E-state index is 0.0166. The first kappa shape index (κ1) is 23.3. The summed E-state index contributed by atoms with van der Waals surface area (Å²) in [6.45, 7) is 0. The summed E-state index contributed by atoms with van der Waals surface area (Å²) in [6.07, 6.45) is -7.07. The number of aliphatic hydroxyl groups is 3. The lowest BCUT2D eigenvalue weighted by Gasteiger charge is -2.38. The lowest BCUT2D eigenvalue weighted by Crippen LogP contribution is -2.61. The van der Waals surface area contributed by atoms with Crippen molar-refractivity contribution in [1.82, 2.24) is 9.97 Å². The number of ether oxygens (including phenoxy) is 4. The molecule has 5 atom stereocenters. The third kappa shape index (κ3) is 4.60. The number of carboxylic acid groups (broad SMARTS) is 1. The number of hydrogen-bond acceptors (Lipinski definition) is 12. The van der Waals surface area contributed by atoms with Crippen molar-refractivity contribution in [2.24, 2.45) is 0 Å². The van der Waals surface area contributed by atoms with E-state index in [-0.39, 0.29) is 29.0 Å². The van der Waals surface area contributed by atoms with Crippen molar-refractivity contribution in [3.63, 3.8) is 0 Å². The minimum Gasteiger partial charge on any atom is -0.493 e. The molecule has 2 heterocycles. The van der Waals surface area contributed by atoms with Crippen molar-refractivity contribution in [3.8, 4) is 17.2 Å². The number of aromatic nitrogens is 2. The Morgan fingerprint density at radius 2 is 1.72 bits per heavy atom. The highest BCUT2D eigenvalue weighted by atomic mass is 16.7. The highest BCUT2D eigenvalue weighted by Gasteiger charge is 2.48. The van der Waals surface area contributed by atoms with Crippen molar-refractivity contribution in [2.45, 2.75) is 37.1 Å². The maximum Gasteiger partial charge on any atom is 0.335 e. The SMILES string of the molecule is COc1cc(Cc2cnc(N)nc2N)cc(OC)c1O[C@@H]1O[C@H](C(=O)O)[C@@H](O)[C@H](O)[C@H]1O. The Morgan fingerprint density at radius 3 is 2.25 bits per heavy atom. The molecule has 8 N–H and O–H groups in total. The third-order valence-electron chi connectivity index (χ3n) is 4.88. The summed E-state index contributed by atoms with van der Waals surface area (Å²) in [5.74, 6) is -0.966. The molecule has 13 nitrogen and oxygen atoms in total. The summed E-state index contributed by atoms with van der Waals surface area (Å²) in [5, 5.41) is 39.3. The van der Waals surface area contributed by atoms with Gasteiger partial charge < -0.3 is 50.8 Å². The molecule has 1 aliphatic heterocycles. The van der Waals surface area contributed by atoms with E-state index in [2.05, 4.69) is 9.97 Å². The number of aliphatic hydroxyl groups excluding tert-OH is 3. The minimum atomic E-state index is -1.85. The fourth-order valence-corrected chi connectivity index (χ4v) is 3.21. The van der Waals surface area contributed by atoms with Crippen molar-refractivity contribution in [1.29, 1.82) is 0 Å². The van der Waals surface area contributed by atoms with Crippen LogP contribution >= 0.6 is 0 Å². The number of nitrogens with zero attached hydrogens (tertiary/aromatic N) is 2. The molecule has 1 aromatic heterocycles. The molecule has 3 rings (SSSR count). The Balaban J connectivity index is 1.92. The summed E-state index contributed by atoms with van der Waals surface area (Å²) >= 11 is 0. The Hall–Kier alpha value is -3.39. The molecule has 1 saturated heterocycles. The van der Waals surface area contributed by atoms with Gasteiger partial charge in [0.2, 0.25) is 18.0 Å². The van der Waals surface area contributed by atoms with Crippen LogP contribution in [0.15, 0.2) is 18.3 Å². The van der Waals surface area contributed by atoms with Gasteiger partial charge in [0.1, 0.15) is 24.1 Å². The largest absolute Gasteiger partial charge is 0.493 e. The number of methoxy groups -OCH3 is 2. The summed E-state index contributed by atoms with van der Waals surface area (Å²) < 4.78 is 21.5. The van der Waals surface area contributed by atoms with E-state index >= 15 is 0 Å². The van der Waals surface area contributed by atoms with Crippen LogP contribution in [0, 0.1) is 0 Å². The number of carboxylic acids is 1. The van der Waals surface area contributed by atoms with Gasteiger partial charge in [0.05, 0.1) is 14.2 Å². The van der Waals surface area contributed by atoms with Crippen molar-refractivity contribution >= 4 is 17.7 Å². The van der Waals surface area contributed by atoms with E-state index < -0.39 is 36.7 Å². The van der Waals surface area contributed by atoms with Gasteiger partial charge in [0, 0.05) is 18.2 Å². The first-order valence-corrected chi connectivity index (χ1v) is 9.37. The van der Waals surface area contributed by atoms with Crippen molar-refractivity contribution in [3.05, 3.63) is 29.5 Å². The second kappa shape index (κ2) is 9.40. The molecule has 0 aliphatic carbocycles. The lowest BCUT2D eigenvalue weighted by molar-refractivity contribution is -0.271. The molecule has 13 heteroatoms. The summed E-state index contributed by atoms with van der Waals surface area (Å²) in [4.78, 5) is 19.2. The molecule has 0 saturated carbocycles. The molecule has 0 spiro atoms. The Kier molecular flexibility index (Phi) is 6.84. The monoisotopic (exact) mass is 452 g/mol. The Bertz CT molecular complexity index is 964. The van der Waals surface area contributed by atoms with E-state index in [1.54, 1.807) is 12.1 Å². The highest BCUT2D eigenvalue weighted by Crippen LogP contribution is 2.41. The van der Waals surface area contributed by atoms with Crippen molar-refractivity contribution in [2.75, 3.05) is 25.7 Å². The molecule has 1 aromatic carbocycles. The second-order valence-electron chi connectivity index (χ2n) is 7.00. The first-order chi connectivity index (χ1) is 15.2. The molecule has 0 amide bonds.